The summed E-state index contributed by atoms with van der Waals surface area (Å²) in [7, 11) is 0. The van der Waals surface area contributed by atoms with Crippen molar-refractivity contribution in [1.29, 1.82) is 0 Å². The quantitative estimate of drug-likeness (QED) is 0.207. The molecule has 0 unspecified atom stereocenters. The molecule has 0 spiro atoms. The Kier molecular flexibility index (Phi) is 56.6. The molecule has 2 aliphatic rings. The van der Waals surface area contributed by atoms with Gasteiger partial charge in [-0.2, -0.15) is 5.10 Å². The Bertz CT molecular complexity index is 1530. The van der Waals surface area contributed by atoms with E-state index >= 15 is 0 Å². The van der Waals surface area contributed by atoms with E-state index in [0.717, 1.165) is 32.5 Å². The van der Waals surface area contributed by atoms with Crippen LogP contribution in [-0.4, -0.2) is 72.8 Å². The van der Waals surface area contributed by atoms with Crippen molar-refractivity contribution in [2.45, 2.75) is 215 Å². The van der Waals surface area contributed by atoms with Gasteiger partial charge in [-0.1, -0.05) is 153 Å². The largest absolute Gasteiger partial charge is 0.340 e. The van der Waals surface area contributed by atoms with Crippen molar-refractivity contribution in [1.82, 2.24) is 34.4 Å². The maximum absolute atomic E-state index is 11.0. The van der Waals surface area contributed by atoms with E-state index in [1.165, 1.54) is 11.1 Å². The van der Waals surface area contributed by atoms with E-state index in [2.05, 4.69) is 101 Å². The molecular weight excluding hydrogens is 819 g/mol. The zero-order valence-electron chi connectivity index (χ0n) is 47.1. The number of aromatic nitrogens is 4. The third kappa shape index (κ3) is 37.5. The van der Waals surface area contributed by atoms with Gasteiger partial charge < -0.3 is 19.7 Å². The van der Waals surface area contributed by atoms with E-state index in [1.807, 2.05) is 162 Å². The van der Waals surface area contributed by atoms with E-state index in [0.29, 0.717) is 35.9 Å². The van der Waals surface area contributed by atoms with Crippen LogP contribution in [0.1, 0.15) is 214 Å². The molecule has 1 N–H and O–H groups in total. The number of benzene rings is 1. The second-order valence-corrected chi connectivity index (χ2v) is 14.9. The van der Waals surface area contributed by atoms with Crippen LogP contribution in [0.4, 0.5) is 4.79 Å². The average molecular weight is 925 g/mol. The monoisotopic (exact) mass is 924 g/mol. The topological polar surface area (TPSA) is 105 Å². The third-order valence-corrected chi connectivity index (χ3v) is 8.53. The predicted molar refractivity (Wildman–Crippen MR) is 292 cm³/mol. The Morgan fingerprint density at radius 2 is 1.00 bits per heavy atom. The van der Waals surface area contributed by atoms with Crippen molar-refractivity contribution in [2.24, 2.45) is 0 Å². The summed E-state index contributed by atoms with van der Waals surface area (Å²) in [6, 6.07) is 23.3. The van der Waals surface area contributed by atoms with Crippen LogP contribution in [0.5, 0.6) is 0 Å². The third-order valence-electron chi connectivity index (χ3n) is 8.53. The molecule has 0 bridgehead atoms. The van der Waals surface area contributed by atoms with E-state index in [-0.39, 0.29) is 17.6 Å². The van der Waals surface area contributed by atoms with Gasteiger partial charge in [0.15, 0.2) is 0 Å². The van der Waals surface area contributed by atoms with Crippen LogP contribution in [0, 0.1) is 0 Å². The molecule has 66 heavy (non-hydrogen) atoms. The minimum absolute atomic E-state index is 0.0671. The maximum Gasteiger partial charge on any atom is 0.317 e. The molecule has 2 aliphatic heterocycles. The summed E-state index contributed by atoms with van der Waals surface area (Å²) >= 11 is 0. The molecule has 382 valence electrons. The van der Waals surface area contributed by atoms with E-state index in [4.69, 9.17) is 0 Å². The minimum Gasteiger partial charge on any atom is -0.340 e. The number of hydrogen-bond acceptors (Lipinski definition) is 5. The molecule has 0 radical (unpaired) electrons. The van der Waals surface area contributed by atoms with Gasteiger partial charge in [-0.05, 0) is 103 Å². The van der Waals surface area contributed by atoms with Crippen LogP contribution in [0.2, 0.25) is 0 Å². The first-order valence-corrected chi connectivity index (χ1v) is 25.5. The van der Waals surface area contributed by atoms with Gasteiger partial charge in [0, 0.05) is 87.3 Å². The molecule has 3 aromatic heterocycles. The summed E-state index contributed by atoms with van der Waals surface area (Å²) in [5.74, 6) is 1.58. The van der Waals surface area contributed by atoms with Crippen molar-refractivity contribution < 1.29 is 9.59 Å². The Morgan fingerprint density at radius 1 is 0.500 bits per heavy atom. The standard InChI is InChI=1S/C9H12.C8H11NO.C8H11N.C7H13NO.C6H12N2O.C6H10N2.6C2H6/c1-8(2)9-6-4-3-5-7-9;1-7(2)9-6-4-3-5-8(9)10;1-7(2)8-4-3-5-9-6-8;1-6(2)8-5-3-4-7(8)9;1-5(2)8-4-3-7-6(8)9;1-6(2)8-5-3-4-7-8;6*1-2/h3-8H,1-2H3;3-7H,1-2H3;3-7H,1-2H3;6H,3-5H2,1-2H3;5H,3-4H2,1-2H3,(H,7,9);3-6H,1-2H3;6*1-2H3. The predicted octanol–water partition coefficient (Wildman–Crippen LogP) is 15.5. The molecule has 0 atom stereocenters. The van der Waals surface area contributed by atoms with Gasteiger partial charge in [0.05, 0.1) is 0 Å². The minimum atomic E-state index is 0.0671. The number of carbonyl (C=O) groups excluding carboxylic acids is 2. The Hall–Kier alpha value is -4.73. The van der Waals surface area contributed by atoms with Crippen molar-refractivity contribution >= 4 is 11.9 Å². The van der Waals surface area contributed by atoms with Gasteiger partial charge in [-0.3, -0.25) is 19.3 Å². The smallest absolute Gasteiger partial charge is 0.317 e. The molecule has 2 saturated heterocycles. The number of pyridine rings is 2. The SMILES string of the molecule is CC.CC.CC.CC.CC.CC.CC(C)N1CCCC1=O.CC(C)N1CCNC1=O.CC(C)c1ccccc1.CC(C)c1cccnc1.CC(C)n1ccccc1=O.CC(C)n1cccn1. The second-order valence-electron chi connectivity index (χ2n) is 14.9. The van der Waals surface area contributed by atoms with Crippen molar-refractivity contribution in [3.8, 4) is 0 Å². The van der Waals surface area contributed by atoms with Crippen molar-refractivity contribution in [3.63, 3.8) is 0 Å². The first-order chi connectivity index (χ1) is 31.6. The van der Waals surface area contributed by atoms with Crippen LogP contribution >= 0.6 is 0 Å². The zero-order valence-corrected chi connectivity index (χ0v) is 47.1. The van der Waals surface area contributed by atoms with E-state index in [9.17, 15) is 14.4 Å². The summed E-state index contributed by atoms with van der Waals surface area (Å²) in [5.41, 5.74) is 2.78. The number of nitrogens with one attached hydrogen (secondary N) is 1. The molecule has 2 fully saturated rings. The lowest BCUT2D eigenvalue weighted by molar-refractivity contribution is -0.129. The van der Waals surface area contributed by atoms with Crippen LogP contribution in [0.3, 0.4) is 0 Å². The molecule has 4 aromatic rings. The lowest BCUT2D eigenvalue weighted by Gasteiger charge is -2.19. The van der Waals surface area contributed by atoms with Gasteiger partial charge in [0.1, 0.15) is 0 Å². The Morgan fingerprint density at radius 3 is 1.24 bits per heavy atom. The lowest BCUT2D eigenvalue weighted by Crippen LogP contribution is -2.33. The molecule has 3 amide bonds. The summed E-state index contributed by atoms with van der Waals surface area (Å²) in [6.45, 7) is 51.7. The van der Waals surface area contributed by atoms with Gasteiger partial charge in [-0.25, -0.2) is 4.79 Å². The zero-order chi connectivity index (χ0) is 52.6. The molecule has 0 aliphatic carbocycles. The van der Waals surface area contributed by atoms with Gasteiger partial charge in [-0.15, -0.1) is 0 Å². The number of amides is 3. The van der Waals surface area contributed by atoms with Crippen LogP contribution < -0.4 is 10.9 Å². The highest BCUT2D eigenvalue weighted by Crippen LogP contribution is 2.13. The van der Waals surface area contributed by atoms with Crippen LogP contribution in [-0.2, 0) is 4.79 Å². The van der Waals surface area contributed by atoms with Crippen LogP contribution in [0.25, 0.3) is 0 Å². The average Bonchev–Trinajstić information content (AvgIpc) is 4.16. The highest BCUT2D eigenvalue weighted by molar-refractivity contribution is 5.78. The van der Waals surface area contributed by atoms with Gasteiger partial charge >= 0.3 is 6.03 Å². The highest BCUT2D eigenvalue weighted by atomic mass is 16.2. The van der Waals surface area contributed by atoms with Crippen LogP contribution in [0.15, 0.2) is 103 Å². The van der Waals surface area contributed by atoms with E-state index in [1.54, 1.807) is 35.3 Å². The van der Waals surface area contributed by atoms with Gasteiger partial charge in [0.25, 0.3) is 5.56 Å². The number of carbonyl (C=O) groups is 2. The lowest BCUT2D eigenvalue weighted by atomic mass is 10.0. The number of hydrogen-bond donors (Lipinski definition) is 1. The molecule has 6 rings (SSSR count). The maximum atomic E-state index is 11.0. The van der Waals surface area contributed by atoms with E-state index < -0.39 is 0 Å². The van der Waals surface area contributed by atoms with Gasteiger partial charge in [0.2, 0.25) is 5.91 Å². The Balaban J connectivity index is -0.000000156. The fourth-order valence-electron chi connectivity index (χ4n) is 5.20. The molecule has 10 heteroatoms. The fourth-order valence-corrected chi connectivity index (χ4v) is 5.20. The second kappa shape index (κ2) is 51.3. The number of rotatable bonds is 6. The molecule has 0 saturated carbocycles. The van der Waals surface area contributed by atoms with Crippen molar-refractivity contribution in [2.75, 3.05) is 19.6 Å². The number of likely N-dealkylation sites (tertiary alicyclic amines) is 1. The highest BCUT2D eigenvalue weighted by Gasteiger charge is 2.22. The summed E-state index contributed by atoms with van der Waals surface area (Å²) in [4.78, 5) is 40.6. The number of nitrogens with zero attached hydrogens (tertiary/aromatic N) is 6. The van der Waals surface area contributed by atoms with Crippen molar-refractivity contribution in [3.05, 3.63) is 119 Å². The first kappa shape index (κ1) is 72.9. The molecular formula is C56H105N7O3. The molecule has 5 heterocycles. The summed E-state index contributed by atoms with van der Waals surface area (Å²) in [5, 5.41) is 6.77. The molecule has 1 aromatic carbocycles. The molecule has 10 nitrogen and oxygen atoms in total. The summed E-state index contributed by atoms with van der Waals surface area (Å²) in [6.07, 6.45) is 11.1. The normalized spacial score (nSPS) is 11.4. The first-order valence-electron chi connectivity index (χ1n) is 25.5. The summed E-state index contributed by atoms with van der Waals surface area (Å²) < 4.78 is 3.61. The Labute approximate surface area is 408 Å². The fraction of sp³-hybridized carbons (Fsp3) is 0.625. The number of urea groups is 1.